The zero-order valence-corrected chi connectivity index (χ0v) is 24.0. The third kappa shape index (κ3) is 5.46. The van der Waals surface area contributed by atoms with Crippen LogP contribution in [0.3, 0.4) is 0 Å². The molecule has 3 aromatic heterocycles. The third-order valence-corrected chi connectivity index (χ3v) is 7.77. The van der Waals surface area contributed by atoms with Crippen LogP contribution in [-0.4, -0.2) is 66.5 Å². The van der Waals surface area contributed by atoms with Crippen molar-refractivity contribution < 1.29 is 4.79 Å². The molecule has 214 valence electrons. The van der Waals surface area contributed by atoms with E-state index in [1.807, 2.05) is 97.5 Å². The van der Waals surface area contributed by atoms with Crippen LogP contribution in [0.25, 0.3) is 33.9 Å². The maximum Gasteiger partial charge on any atom is 0.245 e. The number of carbonyl (C=O) groups is 1. The number of imidazole rings is 2. The van der Waals surface area contributed by atoms with Gasteiger partial charge in [-0.25, -0.2) is 9.97 Å². The molecular weight excluding hydrogens is 526 g/mol. The summed E-state index contributed by atoms with van der Waals surface area (Å²) in [6, 6.07) is 21.3. The molecule has 0 spiro atoms. The summed E-state index contributed by atoms with van der Waals surface area (Å²) in [5.41, 5.74) is 12.1. The van der Waals surface area contributed by atoms with E-state index in [0.717, 1.165) is 58.3 Å². The Kier molecular flexibility index (Phi) is 7.64. The van der Waals surface area contributed by atoms with Crippen molar-refractivity contribution in [2.75, 3.05) is 20.6 Å². The summed E-state index contributed by atoms with van der Waals surface area (Å²) < 4.78 is 0. The van der Waals surface area contributed by atoms with Gasteiger partial charge in [0.25, 0.3) is 0 Å². The molecule has 0 radical (unpaired) electrons. The van der Waals surface area contributed by atoms with Gasteiger partial charge in [0.15, 0.2) is 0 Å². The minimum atomic E-state index is -0.347. The normalized spacial score (nSPS) is 16.6. The molecule has 0 unspecified atom stereocenters. The first-order valence-electron chi connectivity index (χ1n) is 14.2. The number of aromatic amines is 2. The van der Waals surface area contributed by atoms with Gasteiger partial charge in [0, 0.05) is 12.1 Å². The Hall–Kier alpha value is -4.67. The van der Waals surface area contributed by atoms with Gasteiger partial charge in [-0.2, -0.15) is 0 Å². The number of hydrogen-bond donors (Lipinski definition) is 3. The Morgan fingerprint density at radius 1 is 0.905 bits per heavy atom. The fourth-order valence-corrected chi connectivity index (χ4v) is 5.57. The molecule has 4 N–H and O–H groups in total. The highest BCUT2D eigenvalue weighted by atomic mass is 16.2. The third-order valence-electron chi connectivity index (χ3n) is 7.77. The molecule has 42 heavy (non-hydrogen) atoms. The predicted molar refractivity (Wildman–Crippen MR) is 162 cm³/mol. The molecule has 0 saturated carbocycles. The van der Waals surface area contributed by atoms with Crippen molar-refractivity contribution in [3.05, 3.63) is 96.3 Å². The summed E-state index contributed by atoms with van der Waals surface area (Å²) in [5, 5.41) is 8.95. The van der Waals surface area contributed by atoms with E-state index in [-0.39, 0.29) is 24.0 Å². The molecule has 0 aliphatic carbocycles. The van der Waals surface area contributed by atoms with Crippen LogP contribution in [0.15, 0.2) is 79.1 Å². The van der Waals surface area contributed by atoms with Gasteiger partial charge in [-0.1, -0.05) is 54.6 Å². The van der Waals surface area contributed by atoms with Crippen LogP contribution in [0.4, 0.5) is 0 Å². The lowest BCUT2D eigenvalue weighted by atomic mass is 10.0. The first-order valence-corrected chi connectivity index (χ1v) is 14.2. The maximum atomic E-state index is 13.8. The quantitative estimate of drug-likeness (QED) is 0.245. The summed E-state index contributed by atoms with van der Waals surface area (Å²) >= 11 is 0. The summed E-state index contributed by atoms with van der Waals surface area (Å²) in [6.07, 6.45) is 5.36. The van der Waals surface area contributed by atoms with Crippen LogP contribution in [-0.2, 0) is 4.79 Å². The number of hydrogen-bond acceptors (Lipinski definition) is 7. The van der Waals surface area contributed by atoms with E-state index < -0.39 is 0 Å². The van der Waals surface area contributed by atoms with Gasteiger partial charge in [0.2, 0.25) is 5.91 Å². The van der Waals surface area contributed by atoms with Crippen LogP contribution in [0, 0.1) is 0 Å². The maximum absolute atomic E-state index is 13.8. The van der Waals surface area contributed by atoms with Crippen molar-refractivity contribution in [3.8, 4) is 33.9 Å². The molecule has 0 bridgehead atoms. The monoisotopic (exact) mass is 561 g/mol. The topological polar surface area (TPSA) is 133 Å². The SMILES string of the molecule is C[C@H](N)c1ncc(-c2ccc(-c3ccc(-c4cnc([C@@H]5CCCN5C(=O)[C@@H](c5ccccc5)N(C)C)[nH]4)nn3)cc2)[nH]1. The van der Waals surface area contributed by atoms with E-state index in [0.29, 0.717) is 12.2 Å². The lowest BCUT2D eigenvalue weighted by Crippen LogP contribution is -2.40. The van der Waals surface area contributed by atoms with Crippen LogP contribution in [0.1, 0.15) is 55.1 Å². The highest BCUT2D eigenvalue weighted by Gasteiger charge is 2.37. The minimum Gasteiger partial charge on any atom is -0.341 e. The largest absolute Gasteiger partial charge is 0.341 e. The number of benzene rings is 2. The molecule has 3 atom stereocenters. The molecule has 6 rings (SSSR count). The summed E-state index contributed by atoms with van der Waals surface area (Å²) in [7, 11) is 3.89. The van der Waals surface area contributed by atoms with Gasteiger partial charge < -0.3 is 20.6 Å². The van der Waals surface area contributed by atoms with Gasteiger partial charge in [0.1, 0.15) is 23.4 Å². The first kappa shape index (κ1) is 27.5. The number of likely N-dealkylation sites (tertiary alicyclic amines) is 1. The molecule has 10 nitrogen and oxygen atoms in total. The lowest BCUT2D eigenvalue weighted by molar-refractivity contribution is -0.137. The van der Waals surface area contributed by atoms with E-state index in [1.165, 1.54) is 0 Å². The molecule has 5 aromatic rings. The Labute approximate surface area is 245 Å². The van der Waals surface area contributed by atoms with E-state index in [4.69, 9.17) is 5.73 Å². The summed E-state index contributed by atoms with van der Waals surface area (Å²) in [6.45, 7) is 2.60. The molecule has 4 heterocycles. The number of aromatic nitrogens is 6. The molecule has 1 amide bonds. The van der Waals surface area contributed by atoms with E-state index >= 15 is 0 Å². The number of nitrogens with one attached hydrogen (secondary N) is 2. The highest BCUT2D eigenvalue weighted by molar-refractivity contribution is 5.84. The smallest absolute Gasteiger partial charge is 0.245 e. The predicted octanol–water partition coefficient (Wildman–Crippen LogP) is 4.91. The summed E-state index contributed by atoms with van der Waals surface area (Å²) in [5.74, 6) is 1.62. The van der Waals surface area contributed by atoms with Gasteiger partial charge >= 0.3 is 0 Å². The minimum absolute atomic E-state index is 0.0868. The fourth-order valence-electron chi connectivity index (χ4n) is 5.57. The number of nitrogens with two attached hydrogens (primary N) is 1. The second-order valence-electron chi connectivity index (χ2n) is 11.0. The van der Waals surface area contributed by atoms with Gasteiger partial charge in [-0.05, 0) is 57.1 Å². The Balaban J connectivity index is 1.17. The number of amides is 1. The molecule has 10 heteroatoms. The van der Waals surface area contributed by atoms with Crippen molar-refractivity contribution >= 4 is 5.91 Å². The van der Waals surface area contributed by atoms with Gasteiger partial charge in [-0.3, -0.25) is 9.69 Å². The number of nitrogens with zero attached hydrogens (tertiary/aromatic N) is 6. The van der Waals surface area contributed by atoms with Gasteiger partial charge in [-0.15, -0.1) is 10.2 Å². The Morgan fingerprint density at radius 3 is 2.26 bits per heavy atom. The number of carbonyl (C=O) groups excluding carboxylic acids is 1. The molecule has 1 saturated heterocycles. The molecule has 1 aliphatic rings. The van der Waals surface area contributed by atoms with Crippen molar-refractivity contribution in [1.29, 1.82) is 0 Å². The van der Waals surface area contributed by atoms with Crippen molar-refractivity contribution in [1.82, 2.24) is 39.9 Å². The summed E-state index contributed by atoms with van der Waals surface area (Å²) in [4.78, 5) is 33.4. The van der Waals surface area contributed by atoms with Crippen LogP contribution in [0.2, 0.25) is 0 Å². The first-order chi connectivity index (χ1) is 20.4. The molecule has 1 aliphatic heterocycles. The van der Waals surface area contributed by atoms with E-state index in [1.54, 1.807) is 12.4 Å². The standard InChI is InChI=1S/C32H35N9O/c1-20(33)30-34-18-26(36-30)22-13-11-21(12-14-22)24-15-16-25(39-38-24)27-19-35-31(37-27)28-10-7-17-41(28)32(42)29(40(2)3)23-8-5-4-6-9-23/h4-6,8-9,11-16,18-20,28-29H,7,10,17,33H2,1-3H3,(H,34,36)(H,35,37)/t20-,28-,29+/m0/s1. The number of rotatable bonds is 8. The Morgan fingerprint density at radius 2 is 1.60 bits per heavy atom. The number of H-pyrrole nitrogens is 2. The Bertz CT molecular complexity index is 1640. The molecule has 1 fully saturated rings. The zero-order valence-electron chi connectivity index (χ0n) is 24.0. The average molecular weight is 562 g/mol. The van der Waals surface area contributed by atoms with E-state index in [9.17, 15) is 4.79 Å². The second-order valence-corrected chi connectivity index (χ2v) is 11.0. The zero-order chi connectivity index (χ0) is 29.2. The van der Waals surface area contributed by atoms with Crippen LogP contribution in [0.5, 0.6) is 0 Å². The lowest BCUT2D eigenvalue weighted by Gasteiger charge is -2.31. The van der Waals surface area contributed by atoms with Crippen molar-refractivity contribution in [2.45, 2.75) is 37.9 Å². The molecular formula is C32H35N9O. The van der Waals surface area contributed by atoms with E-state index in [2.05, 4.69) is 30.1 Å². The van der Waals surface area contributed by atoms with Crippen molar-refractivity contribution in [2.24, 2.45) is 5.73 Å². The highest BCUT2D eigenvalue weighted by Crippen LogP contribution is 2.35. The van der Waals surface area contributed by atoms with Crippen molar-refractivity contribution in [3.63, 3.8) is 0 Å². The van der Waals surface area contributed by atoms with Crippen LogP contribution < -0.4 is 5.73 Å². The van der Waals surface area contributed by atoms with Gasteiger partial charge in [0.05, 0.1) is 41.6 Å². The van der Waals surface area contributed by atoms with Crippen LogP contribution >= 0.6 is 0 Å². The second kappa shape index (κ2) is 11.7. The molecule has 2 aromatic carbocycles. The fraction of sp³-hybridized carbons (Fsp3) is 0.281. The number of likely N-dealkylation sites (N-methyl/N-ethyl adjacent to an activating group) is 1. The average Bonchev–Trinajstić information content (AvgIpc) is 3.79.